The van der Waals surface area contributed by atoms with E-state index in [4.69, 9.17) is 4.74 Å². The fraction of sp³-hybridized carbons (Fsp3) is 0.696. The average Bonchev–Trinajstić information content (AvgIpc) is 2.82. The van der Waals surface area contributed by atoms with Crippen molar-refractivity contribution in [1.29, 1.82) is 0 Å². The summed E-state index contributed by atoms with van der Waals surface area (Å²) in [5, 5.41) is 0. The van der Waals surface area contributed by atoms with Gasteiger partial charge in [-0.05, 0) is 80.8 Å². The van der Waals surface area contributed by atoms with Gasteiger partial charge in [-0.25, -0.2) is 0 Å². The van der Waals surface area contributed by atoms with Crippen LogP contribution in [0, 0.1) is 29.1 Å². The highest BCUT2D eigenvalue weighted by Crippen LogP contribution is 2.67. The Morgan fingerprint density at radius 3 is 2.56 bits per heavy atom. The molecule has 0 heterocycles. The van der Waals surface area contributed by atoms with Gasteiger partial charge in [0.15, 0.2) is 17.2 Å². The van der Waals surface area contributed by atoms with E-state index >= 15 is 0 Å². The van der Waals surface area contributed by atoms with Gasteiger partial charge in [0.05, 0.1) is 0 Å². The molecular weight excluding hydrogens is 340 g/mol. The highest BCUT2D eigenvalue weighted by atomic mass is 16.6. The third-order valence-corrected chi connectivity index (χ3v) is 8.25. The molecule has 4 rings (SSSR count). The molecule has 0 saturated heterocycles. The normalized spacial score (nSPS) is 43.3. The fourth-order valence-electron chi connectivity index (χ4n) is 7.25. The quantitative estimate of drug-likeness (QED) is 0.540. The molecule has 0 aromatic heterocycles. The summed E-state index contributed by atoms with van der Waals surface area (Å²) in [7, 11) is 0. The molecule has 3 fully saturated rings. The molecule has 27 heavy (non-hydrogen) atoms. The largest absolute Gasteiger partial charge is 0.446 e. The molecule has 0 N–H and O–H groups in total. The summed E-state index contributed by atoms with van der Waals surface area (Å²) in [4.78, 5) is 36.6. The monoisotopic (exact) mass is 370 g/mol. The molecular formula is C23H30O4. The Kier molecular flexibility index (Phi) is 4.25. The molecule has 4 aliphatic rings. The predicted octanol–water partition coefficient (Wildman–Crippen LogP) is 4.19. The Hall–Kier alpha value is -1.71. The van der Waals surface area contributed by atoms with E-state index in [1.54, 1.807) is 6.92 Å². The van der Waals surface area contributed by atoms with Crippen molar-refractivity contribution in [3.63, 3.8) is 0 Å². The van der Waals surface area contributed by atoms with Crippen LogP contribution in [-0.4, -0.2) is 23.1 Å². The van der Waals surface area contributed by atoms with Gasteiger partial charge in [0.25, 0.3) is 0 Å². The number of hydrogen-bond donors (Lipinski definition) is 0. The zero-order valence-electron chi connectivity index (χ0n) is 16.7. The second kappa shape index (κ2) is 6.15. The number of rotatable bonds is 2. The van der Waals surface area contributed by atoms with Crippen LogP contribution in [0.25, 0.3) is 0 Å². The highest BCUT2D eigenvalue weighted by molar-refractivity contribution is 5.93. The van der Waals surface area contributed by atoms with Crippen molar-refractivity contribution in [2.75, 3.05) is 0 Å². The van der Waals surface area contributed by atoms with Gasteiger partial charge < -0.3 is 4.74 Å². The Labute approximate surface area is 161 Å². The molecule has 4 nitrogen and oxygen atoms in total. The van der Waals surface area contributed by atoms with Crippen LogP contribution < -0.4 is 0 Å². The van der Waals surface area contributed by atoms with E-state index < -0.39 is 11.6 Å². The van der Waals surface area contributed by atoms with Gasteiger partial charge in [0, 0.05) is 18.8 Å². The van der Waals surface area contributed by atoms with Gasteiger partial charge in [-0.3, -0.25) is 14.4 Å². The van der Waals surface area contributed by atoms with E-state index in [1.165, 1.54) is 12.5 Å². The first-order chi connectivity index (χ1) is 12.7. The van der Waals surface area contributed by atoms with Gasteiger partial charge >= 0.3 is 5.97 Å². The van der Waals surface area contributed by atoms with Crippen molar-refractivity contribution in [2.45, 2.75) is 71.3 Å². The average molecular weight is 370 g/mol. The van der Waals surface area contributed by atoms with Crippen LogP contribution in [0.15, 0.2) is 23.8 Å². The summed E-state index contributed by atoms with van der Waals surface area (Å²) in [5.41, 5.74) is 0.575. The second-order valence-electron chi connectivity index (χ2n) is 9.40. The zero-order chi connectivity index (χ0) is 19.6. The maximum atomic E-state index is 12.8. The number of hydrogen-bond acceptors (Lipinski definition) is 4. The first-order valence-corrected chi connectivity index (χ1v) is 10.3. The fourth-order valence-corrected chi connectivity index (χ4v) is 7.25. The van der Waals surface area contributed by atoms with Crippen molar-refractivity contribution < 1.29 is 19.1 Å². The van der Waals surface area contributed by atoms with E-state index in [2.05, 4.69) is 13.5 Å². The molecule has 4 aliphatic carbocycles. The van der Waals surface area contributed by atoms with Gasteiger partial charge in [0.2, 0.25) is 0 Å². The van der Waals surface area contributed by atoms with E-state index in [9.17, 15) is 14.4 Å². The minimum absolute atomic E-state index is 0.0918. The van der Waals surface area contributed by atoms with Gasteiger partial charge in [0.1, 0.15) is 0 Å². The summed E-state index contributed by atoms with van der Waals surface area (Å²) >= 11 is 0. The minimum atomic E-state index is -1.17. The standard InChI is InChI=1S/C23H30O4/c1-13-11-21-20-7-5-16-12-17(26)6-8-18(16)19(20)9-10-22(21,4)23(13,14(2)24)27-15(3)25/h12,18-21H,1,5-11H2,2-4H3/t18?,19?,20?,21?,22-,23-/m0/s1. The van der Waals surface area contributed by atoms with Crippen molar-refractivity contribution in [3.05, 3.63) is 23.8 Å². The number of allylic oxidation sites excluding steroid dienone is 1. The van der Waals surface area contributed by atoms with Crippen molar-refractivity contribution in [3.8, 4) is 0 Å². The molecule has 0 amide bonds. The lowest BCUT2D eigenvalue weighted by Gasteiger charge is -2.55. The molecule has 0 aromatic carbocycles. The maximum Gasteiger partial charge on any atom is 0.303 e. The third-order valence-electron chi connectivity index (χ3n) is 8.25. The number of carbonyl (C=O) groups is 3. The number of ketones is 2. The SMILES string of the molecule is C=C1CC2C3CCC4=CC(=O)CCC4C3CC[C@]2(C)[C@@]1(OC(C)=O)C(C)=O. The van der Waals surface area contributed by atoms with Gasteiger partial charge in [-0.15, -0.1) is 0 Å². The van der Waals surface area contributed by atoms with E-state index in [0.717, 1.165) is 44.1 Å². The Balaban J connectivity index is 1.71. The Morgan fingerprint density at radius 2 is 1.89 bits per heavy atom. The van der Waals surface area contributed by atoms with Crippen LogP contribution in [0.2, 0.25) is 0 Å². The zero-order valence-corrected chi connectivity index (χ0v) is 16.7. The number of Topliss-reactive ketones (excluding diaryl/α,β-unsaturated/α-hetero) is 1. The Bertz CT molecular complexity index is 762. The molecule has 0 spiro atoms. The van der Waals surface area contributed by atoms with Crippen LogP contribution in [0.4, 0.5) is 0 Å². The maximum absolute atomic E-state index is 12.8. The molecule has 0 aliphatic heterocycles. The molecule has 0 aromatic rings. The van der Waals surface area contributed by atoms with Crippen LogP contribution >= 0.6 is 0 Å². The van der Waals surface area contributed by atoms with Crippen LogP contribution in [0.1, 0.15) is 65.7 Å². The predicted molar refractivity (Wildman–Crippen MR) is 102 cm³/mol. The van der Waals surface area contributed by atoms with E-state index in [-0.39, 0.29) is 17.0 Å². The summed E-state index contributed by atoms with van der Waals surface area (Å²) in [6.45, 7) is 9.30. The van der Waals surface area contributed by atoms with Crippen LogP contribution in [-0.2, 0) is 19.1 Å². The Morgan fingerprint density at radius 1 is 1.15 bits per heavy atom. The number of esters is 1. The molecule has 0 bridgehead atoms. The second-order valence-corrected chi connectivity index (χ2v) is 9.40. The van der Waals surface area contributed by atoms with Crippen molar-refractivity contribution in [2.24, 2.45) is 29.1 Å². The van der Waals surface area contributed by atoms with Gasteiger partial charge in [-0.1, -0.05) is 19.1 Å². The first-order valence-electron chi connectivity index (χ1n) is 10.3. The van der Waals surface area contributed by atoms with Crippen molar-refractivity contribution >= 4 is 17.5 Å². The summed E-state index contributed by atoms with van der Waals surface area (Å²) in [6.07, 6.45) is 8.23. The number of carbonyl (C=O) groups excluding carboxylic acids is 3. The lowest BCUT2D eigenvalue weighted by atomic mass is 9.50. The topological polar surface area (TPSA) is 60.4 Å². The summed E-state index contributed by atoms with van der Waals surface area (Å²) in [5.74, 6) is 1.68. The minimum Gasteiger partial charge on any atom is -0.446 e. The lowest BCUT2D eigenvalue weighted by molar-refractivity contribution is -0.180. The summed E-state index contributed by atoms with van der Waals surface area (Å²) in [6, 6.07) is 0. The van der Waals surface area contributed by atoms with Gasteiger partial charge in [-0.2, -0.15) is 0 Å². The molecule has 146 valence electrons. The number of ether oxygens (including phenoxy) is 1. The number of fused-ring (bicyclic) bond motifs is 5. The molecule has 6 atom stereocenters. The molecule has 4 heteroatoms. The molecule has 3 saturated carbocycles. The smallest absolute Gasteiger partial charge is 0.303 e. The first kappa shape index (κ1) is 18.6. The lowest BCUT2D eigenvalue weighted by Crippen LogP contribution is -2.58. The van der Waals surface area contributed by atoms with Crippen LogP contribution in [0.3, 0.4) is 0 Å². The van der Waals surface area contributed by atoms with E-state index in [0.29, 0.717) is 30.1 Å². The van der Waals surface area contributed by atoms with Crippen molar-refractivity contribution in [1.82, 2.24) is 0 Å². The summed E-state index contributed by atoms with van der Waals surface area (Å²) < 4.78 is 5.80. The molecule has 0 radical (unpaired) electrons. The molecule has 4 unspecified atom stereocenters. The van der Waals surface area contributed by atoms with E-state index in [1.807, 2.05) is 6.08 Å². The highest BCUT2D eigenvalue weighted by Gasteiger charge is 2.68. The van der Waals surface area contributed by atoms with Crippen LogP contribution in [0.5, 0.6) is 0 Å². The third kappa shape index (κ3) is 2.44.